The van der Waals surface area contributed by atoms with Crippen molar-refractivity contribution in [3.05, 3.63) is 0 Å². The van der Waals surface area contributed by atoms with Gasteiger partial charge in [0.2, 0.25) is 0 Å². The Bertz CT molecular complexity index is 214. The summed E-state index contributed by atoms with van der Waals surface area (Å²) in [4.78, 5) is 9.62. The van der Waals surface area contributed by atoms with E-state index in [9.17, 15) is 9.46 Å². The Hall–Kier alpha value is 0.0700. The molecular formula is C9H23N2O3P. The number of rotatable bonds is 8. The quantitative estimate of drug-likeness (QED) is 0.438. The first-order valence-corrected chi connectivity index (χ1v) is 7.03. The fraction of sp³-hybridized carbons (Fsp3) is 1.00. The van der Waals surface area contributed by atoms with Crippen LogP contribution in [-0.2, 0) is 9.09 Å². The lowest BCUT2D eigenvalue weighted by Crippen LogP contribution is -2.29. The topological polar surface area (TPSA) is 84.6 Å². The van der Waals surface area contributed by atoms with Crippen LogP contribution in [0.5, 0.6) is 0 Å². The Kier molecular flexibility index (Phi) is 7.40. The molecule has 92 valence electrons. The first kappa shape index (κ1) is 15.1. The van der Waals surface area contributed by atoms with Gasteiger partial charge >= 0.3 is 7.60 Å². The molecule has 3 atom stereocenters. The molecule has 0 spiro atoms. The summed E-state index contributed by atoms with van der Waals surface area (Å²) in [6.45, 7) is 6.56. The summed E-state index contributed by atoms with van der Waals surface area (Å²) < 4.78 is 16.8. The van der Waals surface area contributed by atoms with Gasteiger partial charge < -0.3 is 20.5 Å². The molecule has 0 amide bonds. The maximum Gasteiger partial charge on any atom is 0.344 e. The van der Waals surface area contributed by atoms with Gasteiger partial charge in [-0.3, -0.25) is 4.57 Å². The lowest BCUT2D eigenvalue weighted by molar-refractivity contribution is 0.178. The van der Waals surface area contributed by atoms with E-state index in [1.807, 2.05) is 6.92 Å². The van der Waals surface area contributed by atoms with Crippen LogP contribution in [0.2, 0.25) is 0 Å². The van der Waals surface area contributed by atoms with E-state index in [1.165, 1.54) is 0 Å². The van der Waals surface area contributed by atoms with E-state index in [0.717, 1.165) is 12.8 Å². The van der Waals surface area contributed by atoms with Gasteiger partial charge in [-0.1, -0.05) is 6.92 Å². The van der Waals surface area contributed by atoms with Crippen molar-refractivity contribution in [2.45, 2.75) is 45.5 Å². The van der Waals surface area contributed by atoms with Crippen LogP contribution in [0.1, 0.15) is 33.6 Å². The Morgan fingerprint density at radius 2 is 2.13 bits per heavy atom. The van der Waals surface area contributed by atoms with Gasteiger partial charge in [0, 0.05) is 0 Å². The first-order chi connectivity index (χ1) is 6.94. The van der Waals surface area contributed by atoms with Crippen LogP contribution in [-0.4, -0.2) is 29.9 Å². The molecule has 3 unspecified atom stereocenters. The molecule has 0 rings (SSSR count). The normalized spacial score (nSPS) is 19.5. The second-order valence-corrected chi connectivity index (χ2v) is 5.77. The van der Waals surface area contributed by atoms with Crippen molar-refractivity contribution in [1.29, 1.82) is 0 Å². The summed E-state index contributed by atoms with van der Waals surface area (Å²) in [6, 6.07) is 0. The fourth-order valence-electron chi connectivity index (χ4n) is 0.952. The second kappa shape index (κ2) is 7.36. The molecule has 0 fully saturated rings. The summed E-state index contributed by atoms with van der Waals surface area (Å²) in [5.41, 5.74) is 5.32. The monoisotopic (exact) mass is 238 g/mol. The molecule has 0 aliphatic rings. The van der Waals surface area contributed by atoms with Crippen LogP contribution in [0, 0.1) is 0 Å². The second-order valence-electron chi connectivity index (χ2n) is 3.66. The van der Waals surface area contributed by atoms with Crippen molar-refractivity contribution in [2.24, 2.45) is 5.73 Å². The maximum atomic E-state index is 11.7. The minimum atomic E-state index is -3.55. The number of nitrogens with one attached hydrogen (secondary N) is 1. The minimum Gasteiger partial charge on any atom is -0.330 e. The average molecular weight is 238 g/mol. The smallest absolute Gasteiger partial charge is 0.330 e. The molecule has 4 N–H and O–H groups in total. The Morgan fingerprint density at radius 1 is 1.53 bits per heavy atom. The van der Waals surface area contributed by atoms with E-state index in [-0.39, 0.29) is 6.10 Å². The molecule has 0 aliphatic heterocycles. The molecule has 0 saturated carbocycles. The molecule has 0 aromatic carbocycles. The van der Waals surface area contributed by atoms with Gasteiger partial charge in [0.1, 0.15) is 5.78 Å². The van der Waals surface area contributed by atoms with Crippen LogP contribution in [0.4, 0.5) is 0 Å². The molecule has 0 aromatic rings. The van der Waals surface area contributed by atoms with E-state index in [2.05, 4.69) is 5.32 Å². The zero-order chi connectivity index (χ0) is 11.9. The van der Waals surface area contributed by atoms with E-state index < -0.39 is 13.4 Å². The SMILES string of the molecule is CCC(C)OP(=O)(O)C(C)NCCCN. The third-order valence-electron chi connectivity index (χ3n) is 2.22. The van der Waals surface area contributed by atoms with Crippen molar-refractivity contribution in [3.63, 3.8) is 0 Å². The minimum absolute atomic E-state index is 0.195. The molecule has 0 radical (unpaired) electrons. The van der Waals surface area contributed by atoms with Gasteiger partial charge in [-0.25, -0.2) is 0 Å². The van der Waals surface area contributed by atoms with Crippen molar-refractivity contribution in [3.8, 4) is 0 Å². The number of hydrogen-bond acceptors (Lipinski definition) is 4. The van der Waals surface area contributed by atoms with Gasteiger partial charge in [-0.15, -0.1) is 0 Å². The van der Waals surface area contributed by atoms with Gasteiger partial charge in [0.25, 0.3) is 0 Å². The summed E-state index contributed by atoms with van der Waals surface area (Å²) in [6.07, 6.45) is 1.31. The third-order valence-corrected chi connectivity index (χ3v) is 4.04. The van der Waals surface area contributed by atoms with Gasteiger partial charge in [-0.05, 0) is 39.8 Å². The lowest BCUT2D eigenvalue weighted by atomic mass is 10.3. The largest absolute Gasteiger partial charge is 0.344 e. The third kappa shape index (κ3) is 6.28. The van der Waals surface area contributed by atoms with Crippen molar-refractivity contribution < 1.29 is 14.0 Å². The molecule has 6 heteroatoms. The fourth-order valence-corrected chi connectivity index (χ4v) is 2.16. The van der Waals surface area contributed by atoms with E-state index in [4.69, 9.17) is 10.3 Å². The maximum absolute atomic E-state index is 11.7. The van der Waals surface area contributed by atoms with Crippen molar-refractivity contribution in [2.75, 3.05) is 13.1 Å². The highest BCUT2D eigenvalue weighted by atomic mass is 31.2. The highest BCUT2D eigenvalue weighted by Gasteiger charge is 2.29. The predicted octanol–water partition coefficient (Wildman–Crippen LogP) is 1.27. The van der Waals surface area contributed by atoms with Crippen molar-refractivity contribution in [1.82, 2.24) is 5.32 Å². The number of nitrogens with two attached hydrogens (primary N) is 1. The average Bonchev–Trinajstić information content (AvgIpc) is 2.17. The van der Waals surface area contributed by atoms with Crippen LogP contribution < -0.4 is 11.1 Å². The summed E-state index contributed by atoms with van der Waals surface area (Å²) in [5, 5.41) is 2.94. The lowest BCUT2D eigenvalue weighted by Gasteiger charge is -2.23. The van der Waals surface area contributed by atoms with E-state index in [1.54, 1.807) is 13.8 Å². The summed E-state index contributed by atoms with van der Waals surface area (Å²) in [5.74, 6) is -0.543. The Balaban J connectivity index is 4.02. The number of hydrogen-bond donors (Lipinski definition) is 3. The Morgan fingerprint density at radius 3 is 2.60 bits per heavy atom. The van der Waals surface area contributed by atoms with E-state index in [0.29, 0.717) is 13.1 Å². The van der Waals surface area contributed by atoms with Crippen molar-refractivity contribution >= 4 is 7.60 Å². The highest BCUT2D eigenvalue weighted by Crippen LogP contribution is 2.47. The molecule has 0 heterocycles. The summed E-state index contributed by atoms with van der Waals surface area (Å²) in [7, 11) is -3.55. The van der Waals surface area contributed by atoms with Gasteiger partial charge in [-0.2, -0.15) is 0 Å². The standard InChI is InChI=1S/C9H23N2O3P/c1-4-8(2)14-15(12,13)9(3)11-7-5-6-10/h8-9,11H,4-7,10H2,1-3H3,(H,12,13). The highest BCUT2D eigenvalue weighted by molar-refractivity contribution is 7.53. The molecule has 0 saturated heterocycles. The molecule has 0 bridgehead atoms. The van der Waals surface area contributed by atoms with Gasteiger partial charge in [0.05, 0.1) is 6.10 Å². The first-order valence-electron chi connectivity index (χ1n) is 5.38. The van der Waals surface area contributed by atoms with Crippen LogP contribution in [0.25, 0.3) is 0 Å². The predicted molar refractivity (Wildman–Crippen MR) is 61.8 cm³/mol. The summed E-state index contributed by atoms with van der Waals surface area (Å²) >= 11 is 0. The van der Waals surface area contributed by atoms with Crippen LogP contribution >= 0.6 is 7.60 Å². The zero-order valence-corrected chi connectivity index (χ0v) is 10.7. The molecular weight excluding hydrogens is 215 g/mol. The van der Waals surface area contributed by atoms with Crippen LogP contribution in [0.3, 0.4) is 0 Å². The van der Waals surface area contributed by atoms with E-state index >= 15 is 0 Å². The zero-order valence-electron chi connectivity index (χ0n) is 9.77. The molecule has 15 heavy (non-hydrogen) atoms. The molecule has 5 nitrogen and oxygen atoms in total. The molecule has 0 aromatic heterocycles. The Labute approximate surface area is 91.9 Å². The molecule has 0 aliphatic carbocycles. The van der Waals surface area contributed by atoms with Crippen LogP contribution in [0.15, 0.2) is 0 Å². The van der Waals surface area contributed by atoms with Gasteiger partial charge in [0.15, 0.2) is 0 Å².